The van der Waals surface area contributed by atoms with E-state index in [0.717, 1.165) is 6.07 Å². The van der Waals surface area contributed by atoms with Crippen LogP contribution in [0.1, 0.15) is 24.0 Å². The van der Waals surface area contributed by atoms with Gasteiger partial charge in [0.15, 0.2) is 17.4 Å². The Morgan fingerprint density at radius 3 is 2.75 bits per heavy atom. The van der Waals surface area contributed by atoms with Gasteiger partial charge in [0.05, 0.1) is 5.56 Å². The van der Waals surface area contributed by atoms with Crippen LogP contribution in [-0.4, -0.2) is 43.7 Å². The molecular weight excluding hydrogens is 394 g/mol. The fourth-order valence-electron chi connectivity index (χ4n) is 3.16. The molecule has 3 rings (SSSR count). The van der Waals surface area contributed by atoms with Crippen LogP contribution in [0, 0.1) is 17.6 Å². The fraction of sp³-hybridized carbons (Fsp3) is 0.333. The molecule has 1 aromatic carbocycles. The van der Waals surface area contributed by atoms with Crippen LogP contribution in [0.4, 0.5) is 20.5 Å². The monoisotopic (exact) mass is 412 g/mol. The van der Waals surface area contributed by atoms with Gasteiger partial charge >= 0.3 is 0 Å². The SMILES string of the molecule is Nc1nc(Cl)c(C=Cc2cccc(F)c2F)c(NC2(O)CCC(CO)C2O)n1. The zero-order chi connectivity index (χ0) is 20.5. The van der Waals surface area contributed by atoms with E-state index in [1.165, 1.54) is 24.3 Å². The quantitative estimate of drug-likeness (QED) is 0.376. The number of aliphatic hydroxyl groups excluding tert-OH is 2. The van der Waals surface area contributed by atoms with Gasteiger partial charge in [0.25, 0.3) is 0 Å². The number of nitrogens with two attached hydrogens (primary N) is 1. The summed E-state index contributed by atoms with van der Waals surface area (Å²) >= 11 is 6.12. The van der Waals surface area contributed by atoms with E-state index >= 15 is 0 Å². The lowest BCUT2D eigenvalue weighted by Gasteiger charge is -2.30. The lowest BCUT2D eigenvalue weighted by Crippen LogP contribution is -2.48. The summed E-state index contributed by atoms with van der Waals surface area (Å²) in [6.45, 7) is -0.288. The maximum absolute atomic E-state index is 13.9. The summed E-state index contributed by atoms with van der Waals surface area (Å²) in [5.41, 5.74) is 3.98. The molecule has 0 radical (unpaired) electrons. The number of benzene rings is 1. The van der Waals surface area contributed by atoms with Gasteiger partial charge in [0.2, 0.25) is 5.95 Å². The highest BCUT2D eigenvalue weighted by Crippen LogP contribution is 2.37. The standard InChI is InChI=1S/C18H19ClF2N4O3/c19-15-11(5-4-9-2-1-3-12(20)13(9)21)16(24-17(22)23-15)25-18(28)7-6-10(8-26)14(18)27/h1-5,10,14,26-28H,6-8H2,(H3,22,23,24,25). The van der Waals surface area contributed by atoms with Crippen LogP contribution in [-0.2, 0) is 0 Å². The molecule has 1 aliphatic rings. The highest BCUT2D eigenvalue weighted by atomic mass is 35.5. The zero-order valence-electron chi connectivity index (χ0n) is 14.6. The summed E-state index contributed by atoms with van der Waals surface area (Å²) in [4.78, 5) is 7.82. The number of nitrogens with one attached hydrogen (secondary N) is 1. The number of hydrogen-bond acceptors (Lipinski definition) is 7. The molecule has 1 fully saturated rings. The molecule has 1 heterocycles. The second kappa shape index (κ2) is 7.96. The van der Waals surface area contributed by atoms with Gasteiger partial charge in [-0.25, -0.2) is 13.8 Å². The number of anilines is 2. The Bertz CT molecular complexity index is 915. The summed E-state index contributed by atoms with van der Waals surface area (Å²) < 4.78 is 27.2. The van der Waals surface area contributed by atoms with E-state index in [-0.39, 0.29) is 41.1 Å². The normalized spacial score (nSPS) is 24.8. The largest absolute Gasteiger partial charge is 0.396 e. The number of aromatic nitrogens is 2. The summed E-state index contributed by atoms with van der Waals surface area (Å²) in [5.74, 6) is -2.72. The van der Waals surface area contributed by atoms with Crippen molar-refractivity contribution < 1.29 is 24.1 Å². The minimum atomic E-state index is -1.77. The van der Waals surface area contributed by atoms with Crippen molar-refractivity contribution >= 4 is 35.5 Å². The molecule has 0 bridgehead atoms. The Morgan fingerprint density at radius 1 is 1.32 bits per heavy atom. The first-order valence-electron chi connectivity index (χ1n) is 8.49. The molecule has 28 heavy (non-hydrogen) atoms. The van der Waals surface area contributed by atoms with Crippen LogP contribution in [0.2, 0.25) is 5.15 Å². The molecule has 0 saturated heterocycles. The van der Waals surface area contributed by atoms with Gasteiger partial charge in [0, 0.05) is 18.1 Å². The average Bonchev–Trinajstić information content (AvgIpc) is 2.92. The van der Waals surface area contributed by atoms with E-state index < -0.39 is 29.4 Å². The molecule has 1 aliphatic carbocycles. The van der Waals surface area contributed by atoms with Gasteiger partial charge in [0.1, 0.15) is 17.1 Å². The van der Waals surface area contributed by atoms with E-state index in [1.807, 2.05) is 0 Å². The van der Waals surface area contributed by atoms with E-state index in [9.17, 15) is 24.1 Å². The number of aliphatic hydroxyl groups is 3. The van der Waals surface area contributed by atoms with Crippen molar-refractivity contribution in [2.45, 2.75) is 24.7 Å². The zero-order valence-corrected chi connectivity index (χ0v) is 15.4. The minimum Gasteiger partial charge on any atom is -0.396 e. The van der Waals surface area contributed by atoms with Crippen molar-refractivity contribution in [1.82, 2.24) is 9.97 Å². The Balaban J connectivity index is 1.97. The molecule has 2 aromatic rings. The first kappa shape index (κ1) is 20.4. The summed E-state index contributed by atoms with van der Waals surface area (Å²) in [5, 5.41) is 32.9. The van der Waals surface area contributed by atoms with Crippen molar-refractivity contribution in [3.63, 3.8) is 0 Å². The first-order chi connectivity index (χ1) is 13.2. The molecular formula is C18H19ClF2N4O3. The molecule has 6 N–H and O–H groups in total. The highest BCUT2D eigenvalue weighted by molar-refractivity contribution is 6.31. The van der Waals surface area contributed by atoms with Crippen LogP contribution in [0.15, 0.2) is 18.2 Å². The predicted molar refractivity (Wildman–Crippen MR) is 101 cm³/mol. The van der Waals surface area contributed by atoms with Crippen molar-refractivity contribution in [2.75, 3.05) is 17.7 Å². The average molecular weight is 413 g/mol. The third-order valence-electron chi connectivity index (χ3n) is 4.73. The molecule has 3 atom stereocenters. The molecule has 0 spiro atoms. The maximum Gasteiger partial charge on any atom is 0.223 e. The smallest absolute Gasteiger partial charge is 0.223 e. The second-order valence-electron chi connectivity index (χ2n) is 6.59. The van der Waals surface area contributed by atoms with Crippen molar-refractivity contribution in [2.24, 2.45) is 5.92 Å². The Labute approximate surface area is 164 Å². The van der Waals surface area contributed by atoms with Crippen molar-refractivity contribution in [1.29, 1.82) is 0 Å². The van der Waals surface area contributed by atoms with Gasteiger partial charge in [-0.05, 0) is 25.0 Å². The van der Waals surface area contributed by atoms with Crippen LogP contribution in [0.25, 0.3) is 12.2 Å². The minimum absolute atomic E-state index is 0.00528. The molecule has 0 amide bonds. The summed E-state index contributed by atoms with van der Waals surface area (Å²) in [6, 6.07) is 3.71. The Morgan fingerprint density at radius 2 is 2.07 bits per heavy atom. The summed E-state index contributed by atoms with van der Waals surface area (Å²) in [7, 11) is 0. The van der Waals surface area contributed by atoms with Crippen molar-refractivity contribution in [3.8, 4) is 0 Å². The van der Waals surface area contributed by atoms with E-state index in [1.54, 1.807) is 0 Å². The van der Waals surface area contributed by atoms with Crippen LogP contribution in [0.5, 0.6) is 0 Å². The molecule has 10 heteroatoms. The number of hydrogen-bond donors (Lipinski definition) is 5. The van der Waals surface area contributed by atoms with E-state index in [0.29, 0.717) is 6.42 Å². The van der Waals surface area contributed by atoms with Gasteiger partial charge in [-0.2, -0.15) is 4.98 Å². The predicted octanol–water partition coefficient (Wildman–Crippen LogP) is 2.02. The van der Waals surface area contributed by atoms with Gasteiger partial charge in [-0.1, -0.05) is 29.8 Å². The lowest BCUT2D eigenvalue weighted by atomic mass is 10.0. The van der Waals surface area contributed by atoms with E-state index in [4.69, 9.17) is 17.3 Å². The topological polar surface area (TPSA) is 125 Å². The third-order valence-corrected chi connectivity index (χ3v) is 5.02. The third kappa shape index (κ3) is 3.93. The molecule has 150 valence electrons. The molecule has 1 saturated carbocycles. The lowest BCUT2D eigenvalue weighted by molar-refractivity contribution is -0.0545. The molecule has 3 unspecified atom stereocenters. The number of nitrogen functional groups attached to an aromatic ring is 1. The number of halogens is 3. The Kier molecular flexibility index (Phi) is 5.80. The molecule has 1 aromatic heterocycles. The molecule has 7 nitrogen and oxygen atoms in total. The van der Waals surface area contributed by atoms with Crippen LogP contribution < -0.4 is 11.1 Å². The molecule has 0 aliphatic heterocycles. The number of rotatable bonds is 5. The second-order valence-corrected chi connectivity index (χ2v) is 6.94. The fourth-order valence-corrected chi connectivity index (χ4v) is 3.40. The van der Waals surface area contributed by atoms with Crippen molar-refractivity contribution in [3.05, 3.63) is 46.1 Å². The first-order valence-corrected chi connectivity index (χ1v) is 8.87. The van der Waals surface area contributed by atoms with Gasteiger partial charge in [-0.3, -0.25) is 0 Å². The van der Waals surface area contributed by atoms with Gasteiger partial charge < -0.3 is 26.4 Å². The van der Waals surface area contributed by atoms with Gasteiger partial charge in [-0.15, -0.1) is 0 Å². The van der Waals surface area contributed by atoms with Crippen LogP contribution >= 0.6 is 11.6 Å². The highest BCUT2D eigenvalue weighted by Gasteiger charge is 2.47. The summed E-state index contributed by atoms with van der Waals surface area (Å²) in [6.07, 6.45) is 1.88. The Hall–Kier alpha value is -2.33. The number of nitrogens with zero attached hydrogens (tertiary/aromatic N) is 2. The maximum atomic E-state index is 13.9. The van der Waals surface area contributed by atoms with E-state index in [2.05, 4.69) is 15.3 Å². The van der Waals surface area contributed by atoms with Crippen LogP contribution in [0.3, 0.4) is 0 Å².